The van der Waals surface area contributed by atoms with Crippen LogP contribution >= 0.6 is 0 Å². The van der Waals surface area contributed by atoms with Crippen LogP contribution in [0, 0.1) is 0 Å². The maximum atomic E-state index is 12.3. The van der Waals surface area contributed by atoms with Crippen LogP contribution < -0.4 is 10.1 Å². The lowest BCUT2D eigenvalue weighted by molar-refractivity contribution is -0.145. The van der Waals surface area contributed by atoms with Crippen molar-refractivity contribution in [3.63, 3.8) is 0 Å². The molecule has 2 N–H and O–H groups in total. The number of Topliss-reactive ketones (excluding diaryl/α,β-unsaturated/α-hetero) is 1. The standard InChI is InChI=1S/C30H47NO5/c1-23(32)14-12-10-8-6-4-5-7-9-11-13-15-26-18-20-28(24(2)31-26)36-30(34)21-17-25-16-19-27(33)29(22-25)35-3/h16-17,19,21-22,24,26,28,31,33H,4-15,18,20H2,1-3H3/b21-17+/t24-,26-,28+/m0/s1. The number of benzene rings is 1. The van der Waals surface area contributed by atoms with E-state index in [4.69, 9.17) is 9.47 Å². The monoisotopic (exact) mass is 501 g/mol. The molecule has 0 aliphatic carbocycles. The quantitative estimate of drug-likeness (QED) is 0.140. The van der Waals surface area contributed by atoms with Gasteiger partial charge in [0.2, 0.25) is 0 Å². The molecule has 6 heteroatoms. The lowest BCUT2D eigenvalue weighted by Gasteiger charge is -2.35. The van der Waals surface area contributed by atoms with E-state index in [9.17, 15) is 14.7 Å². The molecule has 1 fully saturated rings. The molecule has 0 aromatic heterocycles. The number of esters is 1. The van der Waals surface area contributed by atoms with E-state index in [2.05, 4.69) is 12.2 Å². The van der Waals surface area contributed by atoms with Gasteiger partial charge in [0.15, 0.2) is 11.5 Å². The van der Waals surface area contributed by atoms with Crippen LogP contribution in [0.4, 0.5) is 0 Å². The van der Waals surface area contributed by atoms with E-state index in [1.165, 1.54) is 77.4 Å². The smallest absolute Gasteiger partial charge is 0.331 e. The van der Waals surface area contributed by atoms with Crippen molar-refractivity contribution in [2.24, 2.45) is 0 Å². The normalized spacial score (nSPS) is 19.9. The summed E-state index contributed by atoms with van der Waals surface area (Å²) in [6.45, 7) is 3.78. The van der Waals surface area contributed by atoms with Crippen molar-refractivity contribution in [2.75, 3.05) is 7.11 Å². The number of aromatic hydroxyl groups is 1. The Morgan fingerprint density at radius 2 is 1.64 bits per heavy atom. The van der Waals surface area contributed by atoms with Crippen LogP contribution in [-0.2, 0) is 14.3 Å². The van der Waals surface area contributed by atoms with Gasteiger partial charge >= 0.3 is 5.97 Å². The van der Waals surface area contributed by atoms with Gasteiger partial charge in [-0.15, -0.1) is 0 Å². The first-order chi connectivity index (χ1) is 17.4. The molecular weight excluding hydrogens is 454 g/mol. The van der Waals surface area contributed by atoms with Crippen molar-refractivity contribution >= 4 is 17.8 Å². The zero-order chi connectivity index (χ0) is 26.2. The van der Waals surface area contributed by atoms with Crippen LogP contribution in [0.1, 0.15) is 109 Å². The molecule has 202 valence electrons. The van der Waals surface area contributed by atoms with E-state index in [0.717, 1.165) is 31.2 Å². The Balaban J connectivity index is 1.52. The van der Waals surface area contributed by atoms with Gasteiger partial charge < -0.3 is 24.7 Å². The molecule has 1 aliphatic rings. The van der Waals surface area contributed by atoms with E-state index in [0.29, 0.717) is 17.6 Å². The molecule has 1 heterocycles. The van der Waals surface area contributed by atoms with Crippen molar-refractivity contribution in [3.05, 3.63) is 29.8 Å². The SMILES string of the molecule is COc1cc(/C=C/C(=O)O[C@@H]2CC[C@H](CCCCCCCCCCCCC(C)=O)N[C@H]2C)ccc1O. The lowest BCUT2D eigenvalue weighted by Crippen LogP contribution is -2.50. The van der Waals surface area contributed by atoms with Gasteiger partial charge in [-0.1, -0.05) is 63.9 Å². The number of carbonyl (C=O) groups excluding carboxylic acids is 2. The van der Waals surface area contributed by atoms with Gasteiger partial charge in [0.1, 0.15) is 11.9 Å². The van der Waals surface area contributed by atoms with Gasteiger partial charge in [-0.3, -0.25) is 0 Å². The third-order valence-corrected chi connectivity index (χ3v) is 7.07. The van der Waals surface area contributed by atoms with Gasteiger partial charge in [0.25, 0.3) is 0 Å². The molecule has 0 bridgehead atoms. The third-order valence-electron chi connectivity index (χ3n) is 7.07. The molecule has 36 heavy (non-hydrogen) atoms. The van der Waals surface area contributed by atoms with Crippen molar-refractivity contribution in [1.29, 1.82) is 0 Å². The average Bonchev–Trinajstić information content (AvgIpc) is 2.85. The van der Waals surface area contributed by atoms with Crippen molar-refractivity contribution in [1.82, 2.24) is 5.32 Å². The van der Waals surface area contributed by atoms with Crippen LogP contribution in [-0.4, -0.2) is 42.2 Å². The molecule has 0 saturated carbocycles. The fourth-order valence-corrected chi connectivity index (χ4v) is 4.90. The zero-order valence-corrected chi connectivity index (χ0v) is 22.6. The Morgan fingerprint density at radius 1 is 1.00 bits per heavy atom. The predicted molar refractivity (Wildman–Crippen MR) is 145 cm³/mol. The molecule has 6 nitrogen and oxygen atoms in total. The second-order valence-corrected chi connectivity index (χ2v) is 10.2. The Hall–Kier alpha value is -2.34. The zero-order valence-electron chi connectivity index (χ0n) is 22.6. The highest BCUT2D eigenvalue weighted by atomic mass is 16.5. The van der Waals surface area contributed by atoms with E-state index >= 15 is 0 Å². The highest BCUT2D eigenvalue weighted by molar-refractivity contribution is 5.87. The Labute approximate surface area is 217 Å². The Morgan fingerprint density at radius 3 is 2.25 bits per heavy atom. The number of carbonyl (C=O) groups is 2. The summed E-state index contributed by atoms with van der Waals surface area (Å²) in [5, 5.41) is 13.3. The molecule has 0 unspecified atom stereocenters. The molecule has 0 amide bonds. The van der Waals surface area contributed by atoms with Crippen LogP contribution in [0.3, 0.4) is 0 Å². The second-order valence-electron chi connectivity index (χ2n) is 10.2. The van der Waals surface area contributed by atoms with Crippen LogP contribution in [0.2, 0.25) is 0 Å². The van der Waals surface area contributed by atoms with E-state index < -0.39 is 0 Å². The van der Waals surface area contributed by atoms with Crippen molar-refractivity contribution in [2.45, 2.75) is 122 Å². The van der Waals surface area contributed by atoms with Crippen LogP contribution in [0.25, 0.3) is 6.08 Å². The number of rotatable bonds is 17. The largest absolute Gasteiger partial charge is 0.504 e. The summed E-state index contributed by atoms with van der Waals surface area (Å²) in [7, 11) is 1.49. The number of nitrogens with one attached hydrogen (secondary N) is 1. The van der Waals surface area contributed by atoms with Crippen molar-refractivity contribution < 1.29 is 24.2 Å². The average molecular weight is 502 g/mol. The summed E-state index contributed by atoms with van der Waals surface area (Å²) in [4.78, 5) is 23.2. The second kappa shape index (κ2) is 17.2. The minimum absolute atomic E-state index is 0.0681. The molecule has 1 saturated heterocycles. The first-order valence-corrected chi connectivity index (χ1v) is 13.9. The summed E-state index contributed by atoms with van der Waals surface area (Å²) in [6.07, 6.45) is 19.5. The minimum atomic E-state index is -0.352. The minimum Gasteiger partial charge on any atom is -0.504 e. The predicted octanol–water partition coefficient (Wildman–Crippen LogP) is 6.74. The van der Waals surface area contributed by atoms with Gasteiger partial charge in [0, 0.05) is 24.6 Å². The van der Waals surface area contributed by atoms with E-state index in [1.807, 2.05) is 0 Å². The molecule has 3 atom stereocenters. The summed E-state index contributed by atoms with van der Waals surface area (Å²) in [5.41, 5.74) is 0.762. The number of hydrogen-bond donors (Lipinski definition) is 2. The molecule has 2 rings (SSSR count). The number of ether oxygens (including phenoxy) is 2. The maximum Gasteiger partial charge on any atom is 0.331 e. The summed E-state index contributed by atoms with van der Waals surface area (Å²) in [6, 6.07) is 5.58. The third kappa shape index (κ3) is 12.1. The fraction of sp³-hybridized carbons (Fsp3) is 0.667. The van der Waals surface area contributed by atoms with Gasteiger partial charge in [-0.25, -0.2) is 4.79 Å². The maximum absolute atomic E-state index is 12.3. The molecular formula is C30H47NO5. The molecule has 1 aromatic rings. The molecule has 0 radical (unpaired) electrons. The number of unbranched alkanes of at least 4 members (excludes halogenated alkanes) is 9. The summed E-state index contributed by atoms with van der Waals surface area (Å²) in [5.74, 6) is 0.401. The highest BCUT2D eigenvalue weighted by Gasteiger charge is 2.28. The topological polar surface area (TPSA) is 84.9 Å². The fourth-order valence-electron chi connectivity index (χ4n) is 4.90. The number of methoxy groups -OCH3 is 1. The van der Waals surface area contributed by atoms with Gasteiger partial charge in [-0.2, -0.15) is 0 Å². The number of hydrogen-bond acceptors (Lipinski definition) is 6. The summed E-state index contributed by atoms with van der Waals surface area (Å²) >= 11 is 0. The number of phenols is 1. The Bertz CT molecular complexity index is 822. The van der Waals surface area contributed by atoms with E-state index in [-0.39, 0.29) is 23.9 Å². The first-order valence-electron chi connectivity index (χ1n) is 13.9. The lowest BCUT2D eigenvalue weighted by atomic mass is 9.93. The Kier molecular flexibility index (Phi) is 14.3. The van der Waals surface area contributed by atoms with Crippen molar-refractivity contribution in [3.8, 4) is 11.5 Å². The summed E-state index contributed by atoms with van der Waals surface area (Å²) < 4.78 is 10.8. The van der Waals surface area contributed by atoms with Crippen LogP contribution in [0.15, 0.2) is 24.3 Å². The molecule has 0 spiro atoms. The first kappa shape index (κ1) is 29.9. The number of ketones is 1. The highest BCUT2D eigenvalue weighted by Crippen LogP contribution is 2.27. The number of piperidine rings is 1. The van der Waals surface area contributed by atoms with Crippen LogP contribution in [0.5, 0.6) is 11.5 Å². The van der Waals surface area contributed by atoms with E-state index in [1.54, 1.807) is 31.2 Å². The molecule has 1 aromatic carbocycles. The van der Waals surface area contributed by atoms with Gasteiger partial charge in [0.05, 0.1) is 7.11 Å². The molecule has 1 aliphatic heterocycles. The number of phenolic OH excluding ortho intramolecular Hbond substituents is 1. The van der Waals surface area contributed by atoms with Gasteiger partial charge in [-0.05, 0) is 63.3 Å².